The molecule has 0 bridgehead atoms. The molecule has 0 fully saturated rings. The zero-order valence-electron chi connectivity index (χ0n) is 15.9. The lowest BCUT2D eigenvalue weighted by Gasteiger charge is -2.42. The highest BCUT2D eigenvalue weighted by Gasteiger charge is 2.48. The number of benzene rings is 2. The van der Waals surface area contributed by atoms with Crippen molar-refractivity contribution in [1.82, 2.24) is 5.01 Å². The number of ether oxygens (including phenoxy) is 3. The maximum Gasteiger partial charge on any atom is 0.431 e. The summed E-state index contributed by atoms with van der Waals surface area (Å²) >= 11 is 0. The quantitative estimate of drug-likeness (QED) is 0.851. The molecule has 2 aromatic rings. The minimum Gasteiger partial charge on any atom is -0.444 e. The van der Waals surface area contributed by atoms with Gasteiger partial charge in [-0.15, -0.1) is 0 Å². The Morgan fingerprint density at radius 2 is 1.68 bits per heavy atom. The Kier molecular flexibility index (Phi) is 6.16. The van der Waals surface area contributed by atoms with Gasteiger partial charge in [-0.1, -0.05) is 72.7 Å². The predicted octanol–water partition coefficient (Wildman–Crippen LogP) is 3.63. The fourth-order valence-corrected chi connectivity index (χ4v) is 2.68. The number of hydrogen-bond acceptors (Lipinski definition) is 6. The summed E-state index contributed by atoms with van der Waals surface area (Å²) < 4.78 is 16.3. The molecule has 3 rings (SSSR count). The second-order valence-electron chi connectivity index (χ2n) is 6.67. The van der Waals surface area contributed by atoms with Gasteiger partial charge in [0.2, 0.25) is 6.29 Å². The van der Waals surface area contributed by atoms with Crippen molar-refractivity contribution in [2.45, 2.75) is 45.3 Å². The van der Waals surface area contributed by atoms with Gasteiger partial charge in [-0.25, -0.2) is 4.79 Å². The van der Waals surface area contributed by atoms with Crippen LogP contribution >= 0.6 is 0 Å². The van der Waals surface area contributed by atoms with E-state index in [0.717, 1.165) is 16.1 Å². The molecule has 0 aliphatic carbocycles. The van der Waals surface area contributed by atoms with E-state index in [9.17, 15) is 9.90 Å². The molecule has 2 atom stereocenters. The standard InChI is InChI=1S/C21H24N2O5/c1-3-21(2)18(24)28-19(26-14-16-10-6-4-7-11-16)22-23(21)20(25)27-15-17-12-8-5-9-13-17/h4-13,18,24H,3,14-15H2,1-2H3. The Labute approximate surface area is 164 Å². The first-order valence-corrected chi connectivity index (χ1v) is 9.14. The molecule has 2 aromatic carbocycles. The first-order valence-electron chi connectivity index (χ1n) is 9.14. The van der Waals surface area contributed by atoms with Gasteiger partial charge in [0, 0.05) is 0 Å². The maximum absolute atomic E-state index is 12.7. The zero-order valence-corrected chi connectivity index (χ0v) is 15.9. The van der Waals surface area contributed by atoms with E-state index in [1.807, 2.05) is 67.6 Å². The van der Waals surface area contributed by atoms with Gasteiger partial charge in [0.15, 0.2) is 0 Å². The van der Waals surface area contributed by atoms with Crippen molar-refractivity contribution in [2.75, 3.05) is 0 Å². The lowest BCUT2D eigenvalue weighted by molar-refractivity contribution is -0.164. The molecule has 7 nitrogen and oxygen atoms in total. The largest absolute Gasteiger partial charge is 0.444 e. The van der Waals surface area contributed by atoms with Crippen molar-refractivity contribution in [3.05, 3.63) is 71.8 Å². The highest BCUT2D eigenvalue weighted by Crippen LogP contribution is 2.30. The third-order valence-electron chi connectivity index (χ3n) is 4.71. The molecule has 148 valence electrons. The second kappa shape index (κ2) is 8.75. The zero-order chi connectivity index (χ0) is 20.0. The van der Waals surface area contributed by atoms with Gasteiger partial charge in [-0.2, -0.15) is 5.01 Å². The molecule has 0 saturated carbocycles. The minimum absolute atomic E-state index is 0.0998. The Balaban J connectivity index is 1.72. The second-order valence-corrected chi connectivity index (χ2v) is 6.67. The Bertz CT molecular complexity index is 812. The predicted molar refractivity (Wildman–Crippen MR) is 103 cm³/mol. The molecule has 1 amide bonds. The minimum atomic E-state index is -1.30. The number of nitrogens with zero attached hydrogens (tertiary/aromatic N) is 2. The van der Waals surface area contributed by atoms with Crippen molar-refractivity contribution in [3.63, 3.8) is 0 Å². The van der Waals surface area contributed by atoms with Gasteiger partial charge in [-0.05, 0) is 24.5 Å². The number of aliphatic hydroxyl groups excluding tert-OH is 1. The van der Waals surface area contributed by atoms with Crippen LogP contribution in [-0.2, 0) is 27.4 Å². The van der Waals surface area contributed by atoms with Gasteiger partial charge >= 0.3 is 12.2 Å². The van der Waals surface area contributed by atoms with Crippen LogP contribution in [-0.4, -0.2) is 34.1 Å². The lowest BCUT2D eigenvalue weighted by atomic mass is 9.97. The molecule has 0 radical (unpaired) electrons. The number of aliphatic hydroxyl groups is 1. The van der Waals surface area contributed by atoms with Gasteiger partial charge < -0.3 is 19.3 Å². The van der Waals surface area contributed by atoms with Crippen LogP contribution in [0.25, 0.3) is 0 Å². The van der Waals surface area contributed by atoms with E-state index < -0.39 is 17.9 Å². The summed E-state index contributed by atoms with van der Waals surface area (Å²) in [5.41, 5.74) is 0.686. The van der Waals surface area contributed by atoms with Gasteiger partial charge in [0.05, 0.1) is 0 Å². The highest BCUT2D eigenvalue weighted by molar-refractivity contribution is 5.74. The van der Waals surface area contributed by atoms with E-state index in [1.54, 1.807) is 6.92 Å². The van der Waals surface area contributed by atoms with E-state index in [1.165, 1.54) is 0 Å². The van der Waals surface area contributed by atoms with E-state index in [0.29, 0.717) is 6.42 Å². The SMILES string of the molecule is CCC1(C)C(O)OC(OCc2ccccc2)=NN1C(=O)OCc1ccccc1. The molecule has 1 N–H and O–H groups in total. The summed E-state index contributed by atoms with van der Waals surface area (Å²) in [4.78, 5) is 12.7. The highest BCUT2D eigenvalue weighted by atomic mass is 16.7. The number of hydrazone groups is 1. The van der Waals surface area contributed by atoms with Crippen molar-refractivity contribution in [1.29, 1.82) is 0 Å². The van der Waals surface area contributed by atoms with E-state index in [4.69, 9.17) is 14.2 Å². The van der Waals surface area contributed by atoms with E-state index in [-0.39, 0.29) is 19.3 Å². The van der Waals surface area contributed by atoms with Crippen molar-refractivity contribution < 1.29 is 24.1 Å². The first-order chi connectivity index (χ1) is 13.5. The number of hydrogen-bond donors (Lipinski definition) is 1. The number of carbonyl (C=O) groups is 1. The fraction of sp³-hybridized carbons (Fsp3) is 0.333. The summed E-state index contributed by atoms with van der Waals surface area (Å²) in [6.07, 6.45) is -1.76. The van der Waals surface area contributed by atoms with Crippen LogP contribution in [0.15, 0.2) is 65.8 Å². The van der Waals surface area contributed by atoms with Crippen molar-refractivity contribution in [2.24, 2.45) is 5.10 Å². The smallest absolute Gasteiger partial charge is 0.431 e. The molecular formula is C21H24N2O5. The van der Waals surface area contributed by atoms with Crippen LogP contribution < -0.4 is 0 Å². The summed E-state index contributed by atoms with van der Waals surface area (Å²) in [6, 6.07) is 18.8. The maximum atomic E-state index is 12.7. The molecule has 0 spiro atoms. The van der Waals surface area contributed by atoms with Crippen LogP contribution in [0, 0.1) is 0 Å². The summed E-state index contributed by atoms with van der Waals surface area (Å²) in [6.45, 7) is 3.80. The molecule has 28 heavy (non-hydrogen) atoms. The monoisotopic (exact) mass is 384 g/mol. The average molecular weight is 384 g/mol. The molecule has 1 aliphatic heterocycles. The molecule has 0 saturated heterocycles. The number of rotatable bonds is 5. The number of carbonyl (C=O) groups excluding carboxylic acids is 1. The average Bonchev–Trinajstić information content (AvgIpc) is 2.74. The Morgan fingerprint density at radius 1 is 1.11 bits per heavy atom. The third kappa shape index (κ3) is 4.43. The molecule has 1 heterocycles. The molecule has 2 unspecified atom stereocenters. The third-order valence-corrected chi connectivity index (χ3v) is 4.71. The fourth-order valence-electron chi connectivity index (χ4n) is 2.68. The first kappa shape index (κ1) is 19.7. The van der Waals surface area contributed by atoms with Crippen LogP contribution in [0.2, 0.25) is 0 Å². The summed E-state index contributed by atoms with van der Waals surface area (Å²) in [5, 5.41) is 15.7. The van der Waals surface area contributed by atoms with Crippen LogP contribution in [0.5, 0.6) is 0 Å². The van der Waals surface area contributed by atoms with Gasteiger partial charge in [-0.3, -0.25) is 0 Å². The number of amides is 1. The summed E-state index contributed by atoms with van der Waals surface area (Å²) in [5.74, 6) is 0. The van der Waals surface area contributed by atoms with Crippen molar-refractivity contribution >= 4 is 12.2 Å². The summed E-state index contributed by atoms with van der Waals surface area (Å²) in [7, 11) is 0. The van der Waals surface area contributed by atoms with E-state index in [2.05, 4.69) is 5.10 Å². The normalized spacial score (nSPS) is 21.5. The lowest BCUT2D eigenvalue weighted by Crippen LogP contribution is -2.59. The van der Waals surface area contributed by atoms with Crippen LogP contribution in [0.4, 0.5) is 4.79 Å². The Morgan fingerprint density at radius 3 is 2.25 bits per heavy atom. The Hall–Kier alpha value is -3.06. The van der Waals surface area contributed by atoms with E-state index >= 15 is 0 Å². The van der Waals surface area contributed by atoms with Gasteiger partial charge in [0.1, 0.15) is 18.8 Å². The van der Waals surface area contributed by atoms with Crippen molar-refractivity contribution in [3.8, 4) is 0 Å². The topological polar surface area (TPSA) is 80.6 Å². The molecule has 7 heteroatoms. The van der Waals surface area contributed by atoms with Gasteiger partial charge in [0.25, 0.3) is 0 Å². The van der Waals surface area contributed by atoms with Crippen LogP contribution in [0.1, 0.15) is 31.4 Å². The molecule has 1 aliphatic rings. The molecule has 0 aromatic heterocycles. The molecular weight excluding hydrogens is 360 g/mol. The van der Waals surface area contributed by atoms with Crippen LogP contribution in [0.3, 0.4) is 0 Å².